The molecule has 2 aromatic rings. The molecule has 1 saturated heterocycles. The van der Waals surface area contributed by atoms with Gasteiger partial charge in [-0.05, 0) is 48.9 Å². The molecule has 32 heavy (non-hydrogen) atoms. The fourth-order valence-corrected chi connectivity index (χ4v) is 5.52. The first-order valence-corrected chi connectivity index (χ1v) is 12.3. The Bertz CT molecular complexity index is 1050. The lowest BCUT2D eigenvalue weighted by Crippen LogP contribution is -2.36. The van der Waals surface area contributed by atoms with E-state index in [0.717, 1.165) is 24.8 Å². The first kappa shape index (κ1) is 23.9. The van der Waals surface area contributed by atoms with Crippen molar-refractivity contribution >= 4 is 27.6 Å². The summed E-state index contributed by atoms with van der Waals surface area (Å²) < 4.78 is 32.7. The highest BCUT2D eigenvalue weighted by Crippen LogP contribution is 2.26. The molecule has 0 bridgehead atoms. The molecular formula is C24H30N2O5S. The molecule has 1 aliphatic rings. The van der Waals surface area contributed by atoms with E-state index in [1.807, 2.05) is 37.3 Å². The smallest absolute Gasteiger partial charge is 0.306 e. The summed E-state index contributed by atoms with van der Waals surface area (Å²) in [6.07, 6.45) is 2.90. The van der Waals surface area contributed by atoms with Gasteiger partial charge >= 0.3 is 5.97 Å². The molecule has 0 saturated carbocycles. The number of benzene rings is 2. The second kappa shape index (κ2) is 10.7. The van der Waals surface area contributed by atoms with Gasteiger partial charge in [-0.2, -0.15) is 4.31 Å². The summed E-state index contributed by atoms with van der Waals surface area (Å²) >= 11 is 0. The Kier molecular flexibility index (Phi) is 8.04. The highest BCUT2D eigenvalue weighted by molar-refractivity contribution is 7.89. The number of ether oxygens (including phenoxy) is 1. The second-order valence-electron chi connectivity index (χ2n) is 8.17. The zero-order valence-corrected chi connectivity index (χ0v) is 19.4. The van der Waals surface area contributed by atoms with Gasteiger partial charge in [0.25, 0.3) is 5.91 Å². The van der Waals surface area contributed by atoms with E-state index >= 15 is 0 Å². The molecule has 0 unspecified atom stereocenters. The van der Waals surface area contributed by atoms with Crippen LogP contribution < -0.4 is 5.32 Å². The van der Waals surface area contributed by atoms with E-state index in [-0.39, 0.29) is 17.2 Å². The van der Waals surface area contributed by atoms with Gasteiger partial charge in [0, 0.05) is 18.8 Å². The maximum absolute atomic E-state index is 13.0. The Morgan fingerprint density at radius 1 is 1.06 bits per heavy atom. The van der Waals surface area contributed by atoms with Crippen LogP contribution in [0.5, 0.6) is 0 Å². The summed E-state index contributed by atoms with van der Waals surface area (Å²) in [7, 11) is -3.62. The van der Waals surface area contributed by atoms with Crippen molar-refractivity contribution < 1.29 is 22.7 Å². The number of aryl methyl sites for hydroxylation is 1. The predicted molar refractivity (Wildman–Crippen MR) is 123 cm³/mol. The van der Waals surface area contributed by atoms with E-state index < -0.39 is 28.5 Å². The molecule has 8 heteroatoms. The van der Waals surface area contributed by atoms with E-state index in [2.05, 4.69) is 5.32 Å². The molecule has 0 aliphatic carbocycles. The Balaban J connectivity index is 1.57. The monoisotopic (exact) mass is 458 g/mol. The minimum Gasteiger partial charge on any atom is -0.456 e. The molecule has 7 nitrogen and oxygen atoms in total. The molecule has 0 radical (unpaired) electrons. The summed E-state index contributed by atoms with van der Waals surface area (Å²) in [5.41, 5.74) is 2.00. The Labute approximate surface area is 189 Å². The van der Waals surface area contributed by atoms with Crippen LogP contribution in [0.4, 0.5) is 5.69 Å². The van der Waals surface area contributed by atoms with Crippen LogP contribution in [0.15, 0.2) is 53.4 Å². The zero-order chi connectivity index (χ0) is 23.1. The van der Waals surface area contributed by atoms with Gasteiger partial charge < -0.3 is 10.1 Å². The minimum atomic E-state index is -3.62. The third kappa shape index (κ3) is 6.17. The fraction of sp³-hybridized carbons (Fsp3) is 0.417. The van der Waals surface area contributed by atoms with Gasteiger partial charge in [0.05, 0.1) is 11.3 Å². The van der Waals surface area contributed by atoms with Gasteiger partial charge in [-0.1, -0.05) is 49.7 Å². The number of esters is 1. The van der Waals surface area contributed by atoms with Crippen LogP contribution in [0.25, 0.3) is 0 Å². The van der Waals surface area contributed by atoms with Crippen molar-refractivity contribution in [1.29, 1.82) is 0 Å². The summed E-state index contributed by atoms with van der Waals surface area (Å²) in [4.78, 5) is 24.6. The van der Waals surface area contributed by atoms with Crippen LogP contribution >= 0.6 is 0 Å². The standard InChI is InChI=1S/C24H30N2O5S/c1-18-11-12-21(16-22(18)32(29,30)26-13-7-4-8-14-26)25-23(27)17-31-24(28)15-19(2)20-9-5-3-6-10-20/h3,5-6,9-12,16,19H,4,7-8,13-15,17H2,1-2H3,(H,25,27)/t19-/m0/s1. The molecule has 172 valence electrons. The van der Waals surface area contributed by atoms with Crippen LogP contribution in [0.1, 0.15) is 49.7 Å². The molecule has 1 heterocycles. The first-order chi connectivity index (χ1) is 15.3. The summed E-state index contributed by atoms with van der Waals surface area (Å²) in [5.74, 6) is -1.00. The van der Waals surface area contributed by atoms with Gasteiger partial charge in [0.15, 0.2) is 6.61 Å². The Morgan fingerprint density at radius 3 is 2.44 bits per heavy atom. The predicted octanol–water partition coefficient (Wildman–Crippen LogP) is 3.85. The number of rotatable bonds is 8. The Hall–Kier alpha value is -2.71. The maximum Gasteiger partial charge on any atom is 0.306 e. The number of piperidine rings is 1. The number of carbonyl (C=O) groups is 2. The SMILES string of the molecule is Cc1ccc(NC(=O)COC(=O)C[C@H](C)c2ccccc2)cc1S(=O)(=O)N1CCCCC1. The molecular weight excluding hydrogens is 428 g/mol. The summed E-state index contributed by atoms with van der Waals surface area (Å²) in [6.45, 7) is 4.25. The topological polar surface area (TPSA) is 92.8 Å². The first-order valence-electron chi connectivity index (χ1n) is 10.9. The third-order valence-electron chi connectivity index (χ3n) is 5.61. The molecule has 1 aliphatic heterocycles. The number of hydrogen-bond donors (Lipinski definition) is 1. The summed E-state index contributed by atoms with van der Waals surface area (Å²) in [6, 6.07) is 14.4. The second-order valence-corrected chi connectivity index (χ2v) is 10.1. The van der Waals surface area contributed by atoms with Crippen LogP contribution in [0.3, 0.4) is 0 Å². The van der Waals surface area contributed by atoms with Crippen molar-refractivity contribution in [2.24, 2.45) is 0 Å². The number of nitrogens with zero attached hydrogens (tertiary/aromatic N) is 1. The van der Waals surface area contributed by atoms with E-state index in [9.17, 15) is 18.0 Å². The van der Waals surface area contributed by atoms with Crippen LogP contribution in [0.2, 0.25) is 0 Å². The van der Waals surface area contributed by atoms with Crippen LogP contribution in [-0.2, 0) is 24.3 Å². The molecule has 1 atom stereocenters. The van der Waals surface area contributed by atoms with Gasteiger partial charge in [0.1, 0.15) is 0 Å². The average Bonchev–Trinajstić information content (AvgIpc) is 2.80. The third-order valence-corrected chi connectivity index (χ3v) is 7.65. The van der Waals surface area contributed by atoms with E-state index in [0.29, 0.717) is 24.3 Å². The number of hydrogen-bond acceptors (Lipinski definition) is 5. The van der Waals surface area contributed by atoms with Crippen molar-refractivity contribution in [3.63, 3.8) is 0 Å². The van der Waals surface area contributed by atoms with Gasteiger partial charge in [-0.3, -0.25) is 9.59 Å². The maximum atomic E-state index is 13.0. The molecule has 3 rings (SSSR count). The molecule has 1 N–H and O–H groups in total. The summed E-state index contributed by atoms with van der Waals surface area (Å²) in [5, 5.41) is 2.63. The van der Waals surface area contributed by atoms with E-state index in [1.54, 1.807) is 19.1 Å². The molecule has 1 amide bonds. The normalized spacial score (nSPS) is 15.7. The molecule has 2 aromatic carbocycles. The van der Waals surface area contributed by atoms with Crippen molar-refractivity contribution in [1.82, 2.24) is 4.31 Å². The highest BCUT2D eigenvalue weighted by atomic mass is 32.2. The number of nitrogens with one attached hydrogen (secondary N) is 1. The Morgan fingerprint density at radius 2 is 1.75 bits per heavy atom. The molecule has 0 aromatic heterocycles. The van der Waals surface area contributed by atoms with Crippen molar-refractivity contribution in [3.8, 4) is 0 Å². The van der Waals surface area contributed by atoms with E-state index in [1.165, 1.54) is 10.4 Å². The zero-order valence-electron chi connectivity index (χ0n) is 18.5. The lowest BCUT2D eigenvalue weighted by Gasteiger charge is -2.26. The lowest BCUT2D eigenvalue weighted by atomic mass is 9.98. The van der Waals surface area contributed by atoms with E-state index in [4.69, 9.17) is 4.74 Å². The van der Waals surface area contributed by atoms with Crippen LogP contribution in [0, 0.1) is 6.92 Å². The highest BCUT2D eigenvalue weighted by Gasteiger charge is 2.27. The lowest BCUT2D eigenvalue weighted by molar-refractivity contribution is -0.147. The van der Waals surface area contributed by atoms with Gasteiger partial charge in [0.2, 0.25) is 10.0 Å². The van der Waals surface area contributed by atoms with Crippen molar-refractivity contribution in [2.75, 3.05) is 25.0 Å². The number of anilines is 1. The van der Waals surface area contributed by atoms with Crippen molar-refractivity contribution in [3.05, 3.63) is 59.7 Å². The average molecular weight is 459 g/mol. The van der Waals surface area contributed by atoms with Gasteiger partial charge in [-0.25, -0.2) is 8.42 Å². The van der Waals surface area contributed by atoms with Gasteiger partial charge in [-0.15, -0.1) is 0 Å². The van der Waals surface area contributed by atoms with Crippen LogP contribution in [-0.4, -0.2) is 44.3 Å². The number of carbonyl (C=O) groups excluding carboxylic acids is 2. The molecule has 0 spiro atoms. The minimum absolute atomic E-state index is 0.0218. The number of amides is 1. The molecule has 1 fully saturated rings. The number of sulfonamides is 1. The largest absolute Gasteiger partial charge is 0.456 e. The fourth-order valence-electron chi connectivity index (χ4n) is 3.75. The van der Waals surface area contributed by atoms with Crippen molar-refractivity contribution in [2.45, 2.75) is 50.3 Å². The quantitative estimate of drug-likeness (QED) is 0.607.